The van der Waals surface area contributed by atoms with Crippen molar-refractivity contribution in [3.05, 3.63) is 554 Å². The zero-order chi connectivity index (χ0) is 103. The molecule has 0 aliphatic carbocycles. The van der Waals surface area contributed by atoms with Gasteiger partial charge < -0.3 is 48.7 Å². The Morgan fingerprint density at radius 1 is 0.167 bits per heavy atom. The Kier molecular flexibility index (Phi) is 28.1. The third-order valence-corrected chi connectivity index (χ3v) is 27.8. The van der Waals surface area contributed by atoms with Crippen LogP contribution in [0, 0.1) is 20.2 Å². The summed E-state index contributed by atoms with van der Waals surface area (Å²) in [7, 11) is 11.4. The number of hydrogen-bond acceptors (Lipinski definition) is 14. The van der Waals surface area contributed by atoms with E-state index in [-0.39, 0.29) is 21.2 Å². The molecule has 0 aliphatic heterocycles. The summed E-state index contributed by atoms with van der Waals surface area (Å²) in [5, 5.41) is 41.5. The van der Waals surface area contributed by atoms with E-state index in [1.807, 2.05) is 60.3 Å². The number of rotatable bonds is 24. The maximum atomic E-state index is 11.3. The van der Waals surface area contributed by atoms with E-state index < -0.39 is 0 Å². The molecule has 0 radical (unpaired) electrons. The maximum absolute atomic E-state index is 11.3. The molecular formula is C134H106N10O6. The van der Waals surface area contributed by atoms with Crippen molar-refractivity contribution in [3.8, 4) is 11.5 Å². The van der Waals surface area contributed by atoms with Gasteiger partial charge in [0.15, 0.2) is 0 Å². The Bertz CT molecular complexity index is 8630. The molecule has 0 saturated carbocycles. The summed E-state index contributed by atoms with van der Waals surface area (Å²) in [6, 6.07) is 184. The number of non-ortho nitro benzene ring substituents is 2. The minimum atomic E-state index is -0.381. The van der Waals surface area contributed by atoms with Gasteiger partial charge in [-0.1, -0.05) is 303 Å². The molecule has 0 unspecified atom stereocenters. The van der Waals surface area contributed by atoms with Crippen LogP contribution in [0.5, 0.6) is 11.5 Å². The van der Waals surface area contributed by atoms with E-state index in [0.29, 0.717) is 0 Å². The first kappa shape index (κ1) is 96.3. The summed E-state index contributed by atoms with van der Waals surface area (Å²) in [4.78, 5) is 39.3. The van der Waals surface area contributed by atoms with Gasteiger partial charge in [0.1, 0.15) is 11.5 Å². The first-order chi connectivity index (χ1) is 73.6. The summed E-state index contributed by atoms with van der Waals surface area (Å²) in [5.41, 5.74) is 21.4. The number of methoxy groups -OCH3 is 2. The summed E-state index contributed by atoms with van der Waals surface area (Å²) < 4.78 is 10.7. The third-order valence-electron chi connectivity index (χ3n) is 27.8. The van der Waals surface area contributed by atoms with E-state index in [9.17, 15) is 20.2 Å². The second kappa shape index (κ2) is 43.8. The van der Waals surface area contributed by atoms with Gasteiger partial charge in [-0.25, -0.2) is 0 Å². The van der Waals surface area contributed by atoms with Crippen LogP contribution in [0.3, 0.4) is 0 Å². The highest BCUT2D eigenvalue weighted by molar-refractivity contribution is 6.10. The van der Waals surface area contributed by atoms with Crippen molar-refractivity contribution < 1.29 is 19.3 Å². The van der Waals surface area contributed by atoms with Gasteiger partial charge in [0, 0.05) is 170 Å². The number of nitro groups is 2. The van der Waals surface area contributed by atoms with Crippen molar-refractivity contribution in [3.63, 3.8) is 0 Å². The molecule has 0 amide bonds. The second-order valence-electron chi connectivity index (χ2n) is 36.6. The van der Waals surface area contributed by atoms with Crippen molar-refractivity contribution in [1.29, 1.82) is 0 Å². The largest absolute Gasteiger partial charge is 0.497 e. The summed E-state index contributed by atoms with van der Waals surface area (Å²) >= 11 is 0. The smallest absolute Gasteiger partial charge is 0.271 e. The van der Waals surface area contributed by atoms with Crippen LogP contribution in [0.15, 0.2) is 534 Å². The Hall–Kier alpha value is -19.8. The molecule has 24 rings (SSSR count). The van der Waals surface area contributed by atoms with Crippen molar-refractivity contribution in [2.24, 2.45) is 0 Å². The Balaban J connectivity index is 0.000000117. The average molecular weight is 1950 g/mol. The normalized spacial score (nSPS) is 11.0. The first-order valence-electron chi connectivity index (χ1n) is 49.8. The molecule has 0 saturated heterocycles. The number of anilines is 20. The van der Waals surface area contributed by atoms with Gasteiger partial charge in [-0.3, -0.25) is 20.2 Å². The lowest BCUT2D eigenvalue weighted by Gasteiger charge is -2.29. The van der Waals surface area contributed by atoms with Gasteiger partial charge in [0.25, 0.3) is 11.4 Å². The molecule has 0 fully saturated rings. The highest BCUT2D eigenvalue weighted by Crippen LogP contribution is 2.50. The monoisotopic (exact) mass is 1950 g/mol. The zero-order valence-corrected chi connectivity index (χ0v) is 83.7. The Morgan fingerprint density at radius 3 is 0.573 bits per heavy atom. The van der Waals surface area contributed by atoms with Gasteiger partial charge in [-0.2, -0.15) is 0 Å². The van der Waals surface area contributed by atoms with Gasteiger partial charge in [0.2, 0.25) is 0 Å². The van der Waals surface area contributed by atoms with E-state index in [0.717, 1.165) is 125 Å². The van der Waals surface area contributed by atoms with Crippen LogP contribution in [0.25, 0.3) is 86.2 Å². The quantitative estimate of drug-likeness (QED) is 0.0420. The van der Waals surface area contributed by atoms with Gasteiger partial charge >= 0.3 is 0 Å². The standard InChI is InChI=1S/2C34H28N2O.2C33H25N3O2/c1-35(29-14-9-15-30(24-29)37-2)27-20-22-28(23-21-27)36(33-18-7-12-25-10-3-5-16-31(25)33)34-19-8-13-26-11-4-6-17-32(26)34;1-35(28-21-23-30(37-2)24-22-28)27-17-19-29(20-18-27)36(33-15-7-11-25-9-3-5-13-31(25)33)34-16-8-12-26-10-4-6-14-32(26)34;1-34(28-13-8-14-29(23-28)36(37)38)26-19-21-27(22-20-26)35(32-17-6-11-24-9-2-4-15-30(24)32)33-18-7-12-25-10-3-5-16-31(25)33;1-34(27-18-22-29(23-19-27)36(37)38)26-16-20-28(21-17-26)35(32-14-6-10-24-8-2-4-12-30(24)32)33-15-7-11-25-9-3-5-13-31(25)33/h2*3-24H,1-2H3;2*2-23H,1H3. The lowest BCUT2D eigenvalue weighted by Crippen LogP contribution is -2.12. The van der Waals surface area contributed by atoms with E-state index in [1.165, 1.54) is 104 Å². The Morgan fingerprint density at radius 2 is 0.347 bits per heavy atom. The second-order valence-corrected chi connectivity index (χ2v) is 36.6. The fourth-order valence-corrected chi connectivity index (χ4v) is 20.0. The van der Waals surface area contributed by atoms with Crippen LogP contribution in [0.4, 0.5) is 125 Å². The molecule has 24 aromatic rings. The van der Waals surface area contributed by atoms with Gasteiger partial charge in [0.05, 0.1) is 69.6 Å². The van der Waals surface area contributed by atoms with Crippen LogP contribution in [0.1, 0.15) is 0 Å². The SMILES string of the molecule is CN(c1ccc(N(c2cccc3ccccc23)c2cccc3ccccc23)cc1)c1ccc([N+](=O)[O-])cc1.CN(c1ccc(N(c2cccc3ccccc23)c2cccc3ccccc23)cc1)c1cccc([N+](=O)[O-])c1.COc1ccc(N(C)c2ccc(N(c3cccc4ccccc34)c3cccc4ccccc34)cc2)cc1.COc1cccc(N(C)c2ccc(N(c3cccc4ccccc34)c3cccc4ccccc34)cc2)c1. The van der Waals surface area contributed by atoms with E-state index in [2.05, 4.69) is 498 Å². The molecule has 0 aromatic heterocycles. The van der Waals surface area contributed by atoms with E-state index in [1.54, 1.807) is 38.5 Å². The molecule has 150 heavy (non-hydrogen) atoms. The number of nitro benzene ring substituents is 2. The third kappa shape index (κ3) is 20.2. The van der Waals surface area contributed by atoms with Crippen LogP contribution >= 0.6 is 0 Å². The number of benzene rings is 24. The molecule has 24 aromatic carbocycles. The highest BCUT2D eigenvalue weighted by atomic mass is 16.6. The molecule has 728 valence electrons. The van der Waals surface area contributed by atoms with Gasteiger partial charge in [-0.05, 0) is 243 Å². The molecule has 0 atom stereocenters. The number of fused-ring (bicyclic) bond motifs is 8. The van der Waals surface area contributed by atoms with Crippen molar-refractivity contribution in [2.75, 3.05) is 81.6 Å². The van der Waals surface area contributed by atoms with Crippen molar-refractivity contribution in [2.45, 2.75) is 0 Å². The summed E-state index contributed by atoms with van der Waals surface area (Å²) in [6.45, 7) is 0. The molecule has 16 heteroatoms. The topological polar surface area (TPSA) is 131 Å². The molecule has 0 N–H and O–H groups in total. The molecule has 0 spiro atoms. The predicted octanol–water partition coefficient (Wildman–Crippen LogP) is 36.8. The maximum Gasteiger partial charge on any atom is 0.271 e. The fourth-order valence-electron chi connectivity index (χ4n) is 20.0. The molecule has 0 aliphatic rings. The number of nitrogens with zero attached hydrogens (tertiary/aromatic N) is 10. The van der Waals surface area contributed by atoms with E-state index >= 15 is 0 Å². The minimum absolute atomic E-state index is 0.0732. The summed E-state index contributed by atoms with van der Waals surface area (Å²) in [6.07, 6.45) is 0. The molecule has 0 heterocycles. The highest BCUT2D eigenvalue weighted by Gasteiger charge is 2.26. The van der Waals surface area contributed by atoms with Crippen LogP contribution < -0.4 is 48.7 Å². The zero-order valence-electron chi connectivity index (χ0n) is 83.7. The van der Waals surface area contributed by atoms with Crippen LogP contribution in [-0.2, 0) is 0 Å². The molecule has 16 nitrogen and oxygen atoms in total. The van der Waals surface area contributed by atoms with Crippen molar-refractivity contribution >= 4 is 211 Å². The number of hydrogen-bond donors (Lipinski definition) is 0. The average Bonchev–Trinajstić information content (AvgIpc) is 0.771. The van der Waals surface area contributed by atoms with Gasteiger partial charge in [-0.15, -0.1) is 0 Å². The fraction of sp³-hybridized carbons (Fsp3) is 0.0448. The lowest BCUT2D eigenvalue weighted by molar-refractivity contribution is -0.385. The van der Waals surface area contributed by atoms with E-state index in [4.69, 9.17) is 9.47 Å². The van der Waals surface area contributed by atoms with Crippen LogP contribution in [-0.4, -0.2) is 52.3 Å². The summed E-state index contributed by atoms with van der Waals surface area (Å²) in [5.74, 6) is 1.70. The van der Waals surface area contributed by atoms with Crippen LogP contribution in [0.2, 0.25) is 0 Å². The Labute approximate surface area is 872 Å². The molecule has 0 bridgehead atoms. The van der Waals surface area contributed by atoms with Crippen molar-refractivity contribution in [1.82, 2.24) is 0 Å². The predicted molar refractivity (Wildman–Crippen MR) is 629 cm³/mol. The molecular weight excluding hydrogens is 1850 g/mol. The lowest BCUT2D eigenvalue weighted by atomic mass is 10.0. The first-order valence-corrected chi connectivity index (χ1v) is 49.8. The number of ether oxygens (including phenoxy) is 2. The minimum Gasteiger partial charge on any atom is -0.497 e.